The minimum atomic E-state index is -0.404. The minimum absolute atomic E-state index is 0.354. The number of ether oxygens (including phenoxy) is 1. The van der Waals surface area contributed by atoms with E-state index in [1.54, 1.807) is 18.6 Å². The minimum Gasteiger partial charge on any atom is -0.490 e. The van der Waals surface area contributed by atoms with E-state index >= 15 is 0 Å². The number of hydrogen-bond donors (Lipinski definition) is 3. The van der Waals surface area contributed by atoms with Gasteiger partial charge in [-0.25, -0.2) is 14.2 Å². The molecule has 0 fully saturated rings. The van der Waals surface area contributed by atoms with E-state index in [0.29, 0.717) is 24.5 Å². The van der Waals surface area contributed by atoms with Gasteiger partial charge >= 0.3 is 6.03 Å². The van der Waals surface area contributed by atoms with Crippen LogP contribution in [0.2, 0.25) is 0 Å². The summed E-state index contributed by atoms with van der Waals surface area (Å²) in [7, 11) is 0. The molecule has 2 aromatic carbocycles. The second-order valence-corrected chi connectivity index (χ2v) is 6.12. The van der Waals surface area contributed by atoms with E-state index in [0.717, 1.165) is 23.7 Å². The van der Waals surface area contributed by atoms with Crippen LogP contribution < -0.4 is 20.3 Å². The number of hydrogen-bond acceptors (Lipinski definition) is 4. The summed E-state index contributed by atoms with van der Waals surface area (Å²) in [5.74, 6) is 0.415. The first-order chi connectivity index (χ1) is 13.2. The smallest absolute Gasteiger partial charge is 0.323 e. The fraction of sp³-hybridized carbons (Fsp3) is 0.158. The molecule has 3 aromatic rings. The maximum atomic E-state index is 13.0. The van der Waals surface area contributed by atoms with Gasteiger partial charge in [-0.2, -0.15) is 0 Å². The molecule has 0 radical (unpaired) electrons. The van der Waals surface area contributed by atoms with Gasteiger partial charge in [0.1, 0.15) is 18.2 Å². The summed E-state index contributed by atoms with van der Waals surface area (Å²) in [6.07, 6.45) is 3.43. The normalized spacial score (nSPS) is 12.9. The van der Waals surface area contributed by atoms with E-state index in [4.69, 9.17) is 4.74 Å². The predicted molar refractivity (Wildman–Crippen MR) is 101 cm³/mol. The number of amides is 2. The molecule has 0 saturated heterocycles. The molecule has 8 heteroatoms. The number of aromatic amines is 1. The molecule has 7 nitrogen and oxygen atoms in total. The first-order valence-electron chi connectivity index (χ1n) is 8.50. The van der Waals surface area contributed by atoms with Gasteiger partial charge in [0.2, 0.25) is 0 Å². The number of carbonyl (C=O) groups excluding carboxylic acids is 1. The van der Waals surface area contributed by atoms with Crippen LogP contribution >= 0.6 is 0 Å². The zero-order valence-corrected chi connectivity index (χ0v) is 14.4. The molecule has 1 aromatic heterocycles. The molecule has 4 rings (SSSR count). The molecule has 0 aliphatic carbocycles. The maximum Gasteiger partial charge on any atom is 0.323 e. The second kappa shape index (κ2) is 7.36. The van der Waals surface area contributed by atoms with E-state index in [-0.39, 0.29) is 5.82 Å². The van der Waals surface area contributed by atoms with Gasteiger partial charge in [0.25, 0.3) is 0 Å². The fourth-order valence-electron chi connectivity index (χ4n) is 2.92. The van der Waals surface area contributed by atoms with Crippen LogP contribution in [0.4, 0.5) is 26.2 Å². The number of halogens is 1. The summed E-state index contributed by atoms with van der Waals surface area (Å²) in [5.41, 5.74) is 3.04. The number of H-pyrrole nitrogens is 1. The first-order valence-corrected chi connectivity index (χ1v) is 8.50. The van der Waals surface area contributed by atoms with E-state index in [1.807, 2.05) is 12.1 Å². The molecular formula is C19H18FN5O2. The third-order valence-corrected chi connectivity index (χ3v) is 4.19. The highest BCUT2D eigenvalue weighted by molar-refractivity contribution is 6.00. The molecule has 27 heavy (non-hydrogen) atoms. The number of nitrogens with one attached hydrogen (secondary N) is 3. The Hall–Kier alpha value is -3.55. The Bertz CT molecular complexity index is 928. The lowest BCUT2D eigenvalue weighted by Gasteiger charge is -2.31. The van der Waals surface area contributed by atoms with Crippen LogP contribution in [0.1, 0.15) is 5.69 Å². The van der Waals surface area contributed by atoms with Crippen molar-refractivity contribution in [3.63, 3.8) is 0 Å². The van der Waals surface area contributed by atoms with Gasteiger partial charge in [-0.05, 0) is 42.5 Å². The highest BCUT2D eigenvalue weighted by Gasteiger charge is 2.19. The zero-order chi connectivity index (χ0) is 18.6. The quantitative estimate of drug-likeness (QED) is 0.658. The number of rotatable bonds is 4. The van der Waals surface area contributed by atoms with Crippen molar-refractivity contribution < 1.29 is 13.9 Å². The lowest BCUT2D eigenvalue weighted by Crippen LogP contribution is -2.32. The number of imidazole rings is 1. The lowest BCUT2D eigenvalue weighted by molar-refractivity contribution is 0.262. The van der Waals surface area contributed by atoms with E-state index in [1.165, 1.54) is 24.3 Å². The van der Waals surface area contributed by atoms with Crippen molar-refractivity contribution in [3.8, 4) is 5.75 Å². The fourth-order valence-corrected chi connectivity index (χ4v) is 2.92. The first kappa shape index (κ1) is 16.9. The number of carbonyl (C=O) groups is 1. The summed E-state index contributed by atoms with van der Waals surface area (Å²) in [6, 6.07) is 10.7. The van der Waals surface area contributed by atoms with Crippen LogP contribution in [0.15, 0.2) is 55.0 Å². The Morgan fingerprint density at radius 2 is 1.96 bits per heavy atom. The molecule has 2 amide bonds. The summed E-state index contributed by atoms with van der Waals surface area (Å²) < 4.78 is 18.7. The number of aromatic nitrogens is 2. The molecule has 0 spiro atoms. The molecule has 0 saturated carbocycles. The van der Waals surface area contributed by atoms with Crippen LogP contribution in [0.5, 0.6) is 5.75 Å². The van der Waals surface area contributed by atoms with Crippen molar-refractivity contribution >= 4 is 23.1 Å². The van der Waals surface area contributed by atoms with E-state index in [2.05, 4.69) is 25.5 Å². The Morgan fingerprint density at radius 1 is 1.19 bits per heavy atom. The number of fused-ring (bicyclic) bond motifs is 1. The van der Waals surface area contributed by atoms with Crippen molar-refractivity contribution in [2.24, 2.45) is 0 Å². The average molecular weight is 367 g/mol. The maximum absolute atomic E-state index is 13.0. The third-order valence-electron chi connectivity index (χ3n) is 4.19. The van der Waals surface area contributed by atoms with Crippen molar-refractivity contribution in [1.29, 1.82) is 0 Å². The van der Waals surface area contributed by atoms with Gasteiger partial charge in [-0.15, -0.1) is 0 Å². The Morgan fingerprint density at radius 3 is 2.74 bits per heavy atom. The van der Waals surface area contributed by atoms with Crippen molar-refractivity contribution in [3.05, 3.63) is 66.5 Å². The van der Waals surface area contributed by atoms with Crippen LogP contribution in [0.3, 0.4) is 0 Å². The van der Waals surface area contributed by atoms with Crippen LogP contribution in [0.25, 0.3) is 0 Å². The Labute approximate surface area is 155 Å². The number of anilines is 3. The zero-order valence-electron chi connectivity index (χ0n) is 14.4. The second-order valence-electron chi connectivity index (χ2n) is 6.12. The van der Waals surface area contributed by atoms with Gasteiger partial charge in [0, 0.05) is 17.6 Å². The number of nitrogens with zero attached hydrogens (tertiary/aromatic N) is 2. The average Bonchev–Trinajstić information content (AvgIpc) is 3.17. The van der Waals surface area contributed by atoms with E-state index in [9.17, 15) is 9.18 Å². The van der Waals surface area contributed by atoms with E-state index < -0.39 is 6.03 Å². The Balaban J connectivity index is 1.47. The van der Waals surface area contributed by atoms with Crippen molar-refractivity contribution in [2.75, 3.05) is 28.7 Å². The largest absolute Gasteiger partial charge is 0.490 e. The van der Waals surface area contributed by atoms with Crippen molar-refractivity contribution in [1.82, 2.24) is 9.97 Å². The number of urea groups is 1. The molecule has 0 bridgehead atoms. The highest BCUT2D eigenvalue weighted by Crippen LogP contribution is 2.34. The van der Waals surface area contributed by atoms with Crippen molar-refractivity contribution in [2.45, 2.75) is 6.54 Å². The summed E-state index contributed by atoms with van der Waals surface area (Å²) in [5, 5.41) is 5.46. The molecule has 1 aliphatic heterocycles. The van der Waals surface area contributed by atoms with Gasteiger partial charge in [-0.3, -0.25) is 0 Å². The topological polar surface area (TPSA) is 82.3 Å². The molecule has 1 aliphatic rings. The lowest BCUT2D eigenvalue weighted by atomic mass is 10.2. The molecular weight excluding hydrogens is 349 g/mol. The molecule has 2 heterocycles. The summed E-state index contributed by atoms with van der Waals surface area (Å²) in [6.45, 7) is 2.00. The van der Waals surface area contributed by atoms with Gasteiger partial charge in [-0.1, -0.05) is 0 Å². The van der Waals surface area contributed by atoms with Crippen LogP contribution in [-0.2, 0) is 6.54 Å². The molecule has 0 atom stereocenters. The van der Waals surface area contributed by atoms with Gasteiger partial charge in [0.15, 0.2) is 0 Å². The number of benzene rings is 2. The van der Waals surface area contributed by atoms with Gasteiger partial charge in [0.05, 0.1) is 30.8 Å². The SMILES string of the molecule is O=C(Nc1ccc(F)cc1)Nc1ccc2c(c1)N(Cc1cnc[nH]1)CCO2. The van der Waals surface area contributed by atoms with Crippen LogP contribution in [-0.4, -0.2) is 29.2 Å². The van der Waals surface area contributed by atoms with Crippen LogP contribution in [0, 0.1) is 5.82 Å². The molecule has 138 valence electrons. The highest BCUT2D eigenvalue weighted by atomic mass is 19.1. The molecule has 3 N–H and O–H groups in total. The monoisotopic (exact) mass is 367 g/mol. The molecule has 0 unspecified atom stereocenters. The van der Waals surface area contributed by atoms with Gasteiger partial charge < -0.3 is 25.3 Å². The predicted octanol–water partition coefficient (Wildman–Crippen LogP) is 3.59. The summed E-state index contributed by atoms with van der Waals surface area (Å²) >= 11 is 0. The third kappa shape index (κ3) is 4.00. The standard InChI is InChI=1S/C19H18FN5O2/c20-13-1-3-14(4-2-13)23-19(26)24-15-5-6-18-17(9-15)25(7-8-27-18)11-16-10-21-12-22-16/h1-6,9-10,12H,7-8,11H2,(H,21,22)(H2,23,24,26). The summed E-state index contributed by atoms with van der Waals surface area (Å²) in [4.78, 5) is 21.5. The Kier molecular flexibility index (Phi) is 4.61.